The van der Waals surface area contributed by atoms with Gasteiger partial charge in [-0.2, -0.15) is 10.5 Å². The molecule has 0 aliphatic carbocycles. The van der Waals surface area contributed by atoms with Crippen LogP contribution < -0.4 is 16.4 Å². The lowest BCUT2D eigenvalue weighted by Gasteiger charge is -2.13. The van der Waals surface area contributed by atoms with Gasteiger partial charge in [0.1, 0.15) is 28.5 Å². The van der Waals surface area contributed by atoms with Gasteiger partial charge in [0.2, 0.25) is 11.8 Å². The van der Waals surface area contributed by atoms with Crippen molar-refractivity contribution in [2.45, 2.75) is 11.9 Å². The molecule has 4 N–H and O–H groups in total. The molecular formula is C18H16N6O2S. The van der Waals surface area contributed by atoms with Crippen molar-refractivity contribution in [2.75, 3.05) is 23.9 Å². The first-order valence-corrected chi connectivity index (χ1v) is 8.74. The van der Waals surface area contributed by atoms with Crippen LogP contribution in [-0.2, 0) is 9.59 Å². The Bertz CT molecular complexity index is 973. The van der Waals surface area contributed by atoms with Gasteiger partial charge in [0.25, 0.3) is 0 Å². The molecule has 2 aromatic rings. The van der Waals surface area contributed by atoms with Crippen LogP contribution in [0.3, 0.4) is 0 Å². The van der Waals surface area contributed by atoms with Crippen molar-refractivity contribution in [1.29, 1.82) is 10.5 Å². The van der Waals surface area contributed by atoms with Gasteiger partial charge in [0.15, 0.2) is 0 Å². The summed E-state index contributed by atoms with van der Waals surface area (Å²) in [6.45, 7) is 1.40. The van der Waals surface area contributed by atoms with E-state index in [1.807, 2.05) is 6.07 Å². The van der Waals surface area contributed by atoms with Crippen LogP contribution in [0.5, 0.6) is 0 Å². The van der Waals surface area contributed by atoms with Gasteiger partial charge in [0, 0.05) is 25.2 Å². The van der Waals surface area contributed by atoms with E-state index in [0.29, 0.717) is 16.8 Å². The molecule has 136 valence electrons. The van der Waals surface area contributed by atoms with Gasteiger partial charge in [-0.3, -0.25) is 9.59 Å². The summed E-state index contributed by atoms with van der Waals surface area (Å²) in [5, 5.41) is 24.6. The summed E-state index contributed by atoms with van der Waals surface area (Å²) in [6.07, 6.45) is 0. The second kappa shape index (κ2) is 8.70. The third-order valence-electron chi connectivity index (χ3n) is 3.53. The third kappa shape index (κ3) is 4.54. The first kappa shape index (κ1) is 19.8. The Morgan fingerprint density at radius 1 is 1.19 bits per heavy atom. The van der Waals surface area contributed by atoms with Gasteiger partial charge in [-0.15, -0.1) is 0 Å². The molecule has 0 saturated carbocycles. The molecule has 8 nitrogen and oxygen atoms in total. The Balaban J connectivity index is 2.58. The van der Waals surface area contributed by atoms with Crippen molar-refractivity contribution >= 4 is 35.1 Å². The zero-order valence-electron chi connectivity index (χ0n) is 14.7. The van der Waals surface area contributed by atoms with Crippen LogP contribution >= 0.6 is 11.8 Å². The van der Waals surface area contributed by atoms with Crippen molar-refractivity contribution in [1.82, 2.24) is 10.3 Å². The Labute approximate surface area is 160 Å². The highest BCUT2D eigenvalue weighted by atomic mass is 32.2. The number of nitrogen functional groups attached to an aromatic ring is 1. The molecule has 0 unspecified atom stereocenters. The molecule has 0 aliphatic heterocycles. The van der Waals surface area contributed by atoms with E-state index in [2.05, 4.69) is 21.7 Å². The molecular weight excluding hydrogens is 364 g/mol. The number of hydrogen-bond acceptors (Lipinski definition) is 7. The average Bonchev–Trinajstić information content (AvgIpc) is 2.65. The maximum atomic E-state index is 11.5. The summed E-state index contributed by atoms with van der Waals surface area (Å²) in [5.41, 5.74) is 7.68. The van der Waals surface area contributed by atoms with Crippen molar-refractivity contribution in [2.24, 2.45) is 0 Å². The summed E-state index contributed by atoms with van der Waals surface area (Å²) in [5.74, 6) is -0.393. The smallest absolute Gasteiger partial charge is 0.230 e. The van der Waals surface area contributed by atoms with Gasteiger partial charge < -0.3 is 16.4 Å². The Morgan fingerprint density at radius 2 is 1.81 bits per heavy atom. The zero-order chi connectivity index (χ0) is 20.0. The number of rotatable bonds is 5. The van der Waals surface area contributed by atoms with Crippen LogP contribution in [0.25, 0.3) is 11.1 Å². The molecule has 1 heterocycles. The number of benzene rings is 1. The molecule has 2 amide bonds. The standard InChI is InChI=1S/C18H16N6O2S/c1-10(25)23-12-5-3-11(4-6-12)16-13(7-19)17(21)24-18(14(16)8-20)27-9-15(26)22-2/h3-6H,9H2,1-2H3,(H2,21,24)(H,22,26)(H,23,25). The van der Waals surface area contributed by atoms with Crippen LogP contribution in [0.2, 0.25) is 0 Å². The second-order valence-electron chi connectivity index (χ2n) is 5.37. The van der Waals surface area contributed by atoms with Gasteiger partial charge in [-0.25, -0.2) is 4.98 Å². The first-order chi connectivity index (χ1) is 12.9. The van der Waals surface area contributed by atoms with Gasteiger partial charge in [-0.05, 0) is 17.7 Å². The molecule has 0 atom stereocenters. The lowest BCUT2D eigenvalue weighted by molar-refractivity contribution is -0.118. The Morgan fingerprint density at radius 3 is 2.33 bits per heavy atom. The van der Waals surface area contributed by atoms with Crippen LogP contribution in [-0.4, -0.2) is 29.6 Å². The number of nitrogens with two attached hydrogens (primary N) is 1. The largest absolute Gasteiger partial charge is 0.383 e. The number of aromatic nitrogens is 1. The number of amides is 2. The molecule has 27 heavy (non-hydrogen) atoms. The zero-order valence-corrected chi connectivity index (χ0v) is 15.5. The van der Waals surface area contributed by atoms with Crippen molar-refractivity contribution in [3.63, 3.8) is 0 Å². The minimum Gasteiger partial charge on any atom is -0.383 e. The number of nitrogens with one attached hydrogen (secondary N) is 2. The molecule has 0 spiro atoms. The molecule has 1 aromatic heterocycles. The van der Waals surface area contributed by atoms with Gasteiger partial charge >= 0.3 is 0 Å². The highest BCUT2D eigenvalue weighted by Gasteiger charge is 2.21. The Kier molecular flexibility index (Phi) is 6.36. The fourth-order valence-corrected chi connectivity index (χ4v) is 3.19. The summed E-state index contributed by atoms with van der Waals surface area (Å²) in [6, 6.07) is 10.7. The minimum atomic E-state index is -0.227. The van der Waals surface area contributed by atoms with Crippen molar-refractivity contribution in [3.8, 4) is 23.3 Å². The summed E-state index contributed by atoms with van der Waals surface area (Å²) >= 11 is 1.07. The monoisotopic (exact) mass is 380 g/mol. The fraction of sp³-hybridized carbons (Fsp3) is 0.167. The van der Waals surface area contributed by atoms with E-state index >= 15 is 0 Å². The maximum absolute atomic E-state index is 11.5. The number of thioether (sulfide) groups is 1. The number of hydrogen-bond donors (Lipinski definition) is 3. The lowest BCUT2D eigenvalue weighted by atomic mass is 9.96. The van der Waals surface area contributed by atoms with E-state index < -0.39 is 0 Å². The summed E-state index contributed by atoms with van der Waals surface area (Å²) < 4.78 is 0. The predicted octanol–water partition coefficient (Wildman–Crippen LogP) is 1.87. The predicted molar refractivity (Wildman–Crippen MR) is 103 cm³/mol. The van der Waals surface area contributed by atoms with E-state index in [-0.39, 0.29) is 39.5 Å². The summed E-state index contributed by atoms with van der Waals surface area (Å²) in [7, 11) is 1.51. The van der Waals surface area contributed by atoms with Crippen molar-refractivity contribution in [3.05, 3.63) is 35.4 Å². The molecule has 9 heteroatoms. The summed E-state index contributed by atoms with van der Waals surface area (Å²) in [4.78, 5) is 26.8. The van der Waals surface area contributed by atoms with Crippen LogP contribution in [0.1, 0.15) is 18.1 Å². The molecule has 0 aliphatic rings. The molecule has 2 rings (SSSR count). The molecule has 0 fully saturated rings. The van der Waals surface area contributed by atoms with E-state index in [4.69, 9.17) is 5.73 Å². The van der Waals surface area contributed by atoms with E-state index in [0.717, 1.165) is 11.8 Å². The Hall–Kier alpha value is -3.56. The average molecular weight is 380 g/mol. The van der Waals surface area contributed by atoms with Crippen LogP contribution in [0.15, 0.2) is 29.3 Å². The molecule has 0 saturated heterocycles. The number of nitrogens with zero attached hydrogens (tertiary/aromatic N) is 3. The third-order valence-corrected chi connectivity index (χ3v) is 4.50. The molecule has 1 aromatic carbocycles. The van der Waals surface area contributed by atoms with Crippen molar-refractivity contribution < 1.29 is 9.59 Å². The molecule has 0 bridgehead atoms. The SMILES string of the molecule is CNC(=O)CSc1nc(N)c(C#N)c(-c2ccc(NC(C)=O)cc2)c1C#N. The normalized spacial score (nSPS) is 9.78. The van der Waals surface area contributed by atoms with Gasteiger partial charge in [0.05, 0.1) is 11.3 Å². The molecule has 0 radical (unpaired) electrons. The topological polar surface area (TPSA) is 145 Å². The first-order valence-electron chi connectivity index (χ1n) is 7.76. The lowest BCUT2D eigenvalue weighted by Crippen LogP contribution is -2.20. The number of pyridine rings is 1. The fourth-order valence-electron chi connectivity index (χ4n) is 2.32. The maximum Gasteiger partial charge on any atom is 0.230 e. The number of carbonyl (C=O) groups is 2. The van der Waals surface area contributed by atoms with Gasteiger partial charge in [-0.1, -0.05) is 23.9 Å². The number of anilines is 2. The van der Waals surface area contributed by atoms with Crippen LogP contribution in [0, 0.1) is 22.7 Å². The van der Waals surface area contributed by atoms with E-state index in [1.54, 1.807) is 24.3 Å². The number of carbonyl (C=O) groups excluding carboxylic acids is 2. The highest BCUT2D eigenvalue weighted by Crippen LogP contribution is 2.35. The second-order valence-corrected chi connectivity index (χ2v) is 6.34. The quantitative estimate of drug-likeness (QED) is 0.671. The number of nitriles is 2. The highest BCUT2D eigenvalue weighted by molar-refractivity contribution is 8.00. The van der Waals surface area contributed by atoms with E-state index in [1.165, 1.54) is 14.0 Å². The van der Waals surface area contributed by atoms with E-state index in [9.17, 15) is 20.1 Å². The van der Waals surface area contributed by atoms with Crippen LogP contribution in [0.4, 0.5) is 11.5 Å². The minimum absolute atomic E-state index is 0.0168.